The second kappa shape index (κ2) is 16.1. The van der Waals surface area contributed by atoms with Gasteiger partial charge in [-0.1, -0.05) is 212 Å². The number of nitrogens with zero attached hydrogens (tertiary/aromatic N) is 2. The van der Waals surface area contributed by atoms with Crippen LogP contribution in [0.3, 0.4) is 0 Å². The zero-order chi connectivity index (χ0) is 41.2. The monoisotopic (exact) mass is 790 g/mol. The molecule has 0 radical (unpaired) electrons. The summed E-state index contributed by atoms with van der Waals surface area (Å²) in [5, 5.41) is 2.37. The molecule has 0 aliphatic heterocycles. The summed E-state index contributed by atoms with van der Waals surface area (Å²) in [4.78, 5) is 2.49. The van der Waals surface area contributed by atoms with Crippen molar-refractivity contribution in [2.75, 3.05) is 4.90 Å². The molecule has 62 heavy (non-hydrogen) atoms. The normalized spacial score (nSPS) is 11.2. The van der Waals surface area contributed by atoms with Gasteiger partial charge >= 0.3 is 0 Å². The summed E-state index contributed by atoms with van der Waals surface area (Å²) in [6.07, 6.45) is 0. The smallest absolute Gasteiger partial charge is 0.0562 e. The molecular weight excluding hydrogens is 749 g/mol. The Hall–Kier alpha value is -8.20. The molecule has 0 saturated carbocycles. The number of para-hydroxylation sites is 2. The SMILES string of the molecule is c1ccc(-c2ccc(N(c3ccccc3-c3ccccc3)c3cccc4c3c3ccccc3n4-c3cccc(-c4ccccc4)c3-c3ccccc3)cc2-c2ccccc2)cc1. The summed E-state index contributed by atoms with van der Waals surface area (Å²) >= 11 is 0. The van der Waals surface area contributed by atoms with Gasteiger partial charge in [0.2, 0.25) is 0 Å². The molecule has 1 aromatic heterocycles. The fourth-order valence-electron chi connectivity index (χ4n) is 9.27. The minimum atomic E-state index is 1.08. The number of aromatic nitrogens is 1. The third-order valence-electron chi connectivity index (χ3n) is 12.0. The molecule has 10 aromatic carbocycles. The highest BCUT2D eigenvalue weighted by atomic mass is 15.2. The molecule has 0 aliphatic carbocycles. The maximum absolute atomic E-state index is 2.49. The fraction of sp³-hybridized carbons (Fsp3) is 0. The van der Waals surface area contributed by atoms with Crippen molar-refractivity contribution >= 4 is 38.9 Å². The topological polar surface area (TPSA) is 8.17 Å². The van der Waals surface area contributed by atoms with Crippen LogP contribution in [0.1, 0.15) is 0 Å². The summed E-state index contributed by atoms with van der Waals surface area (Å²) in [5.41, 5.74) is 18.5. The van der Waals surface area contributed by atoms with Crippen LogP contribution in [0.4, 0.5) is 17.1 Å². The minimum absolute atomic E-state index is 1.08. The maximum Gasteiger partial charge on any atom is 0.0562 e. The average molecular weight is 791 g/mol. The van der Waals surface area contributed by atoms with Gasteiger partial charge in [0.25, 0.3) is 0 Å². The Morgan fingerprint density at radius 2 is 0.758 bits per heavy atom. The Bertz CT molecular complexity index is 3320. The molecule has 0 unspecified atom stereocenters. The molecule has 292 valence electrons. The van der Waals surface area contributed by atoms with E-state index in [2.05, 4.69) is 264 Å². The third kappa shape index (κ3) is 6.56. The second-order valence-corrected chi connectivity index (χ2v) is 15.6. The van der Waals surface area contributed by atoms with Gasteiger partial charge in [-0.15, -0.1) is 0 Å². The lowest BCUT2D eigenvalue weighted by molar-refractivity contribution is 1.18. The van der Waals surface area contributed by atoms with Gasteiger partial charge in [0, 0.05) is 27.6 Å². The minimum Gasteiger partial charge on any atom is -0.309 e. The predicted molar refractivity (Wildman–Crippen MR) is 263 cm³/mol. The Balaban J connectivity index is 1.23. The standard InChI is InChI=1S/C60H42N2/c1-6-22-43(23-7-1)49-41-40-48(42-53(49)46-28-12-4-13-29-46)61(54-35-18-16-32-50(54)44-24-8-2-9-25-44)57-38-21-39-58-60(57)52-33-17-19-36-55(52)62(58)56-37-20-34-51(45-26-10-3-11-27-45)59(56)47-30-14-5-15-31-47/h1-42H. The summed E-state index contributed by atoms with van der Waals surface area (Å²) in [6.45, 7) is 0. The number of fused-ring (bicyclic) bond motifs is 3. The van der Waals surface area contributed by atoms with Crippen LogP contribution in [0.2, 0.25) is 0 Å². The molecule has 0 N–H and O–H groups in total. The van der Waals surface area contributed by atoms with E-state index in [0.717, 1.165) is 44.9 Å². The van der Waals surface area contributed by atoms with Gasteiger partial charge in [-0.05, 0) is 87.0 Å². The van der Waals surface area contributed by atoms with Crippen molar-refractivity contribution in [3.63, 3.8) is 0 Å². The molecule has 11 rings (SSSR count). The van der Waals surface area contributed by atoms with Crippen molar-refractivity contribution in [3.8, 4) is 61.3 Å². The van der Waals surface area contributed by atoms with Gasteiger partial charge in [0.05, 0.1) is 28.1 Å². The molecule has 0 aliphatic rings. The molecule has 2 heteroatoms. The van der Waals surface area contributed by atoms with Crippen molar-refractivity contribution < 1.29 is 0 Å². The van der Waals surface area contributed by atoms with E-state index in [4.69, 9.17) is 0 Å². The van der Waals surface area contributed by atoms with Gasteiger partial charge in [0.1, 0.15) is 0 Å². The van der Waals surface area contributed by atoms with E-state index in [-0.39, 0.29) is 0 Å². The van der Waals surface area contributed by atoms with Crippen LogP contribution >= 0.6 is 0 Å². The van der Waals surface area contributed by atoms with Crippen LogP contribution in [0.15, 0.2) is 255 Å². The first-order chi connectivity index (χ1) is 30.8. The highest BCUT2D eigenvalue weighted by Crippen LogP contribution is 2.49. The molecular formula is C60H42N2. The van der Waals surface area contributed by atoms with Crippen molar-refractivity contribution in [1.29, 1.82) is 0 Å². The zero-order valence-corrected chi connectivity index (χ0v) is 34.1. The van der Waals surface area contributed by atoms with Gasteiger partial charge in [-0.25, -0.2) is 0 Å². The summed E-state index contributed by atoms with van der Waals surface area (Å²) in [7, 11) is 0. The Morgan fingerprint density at radius 3 is 1.42 bits per heavy atom. The molecule has 2 nitrogen and oxygen atoms in total. The maximum atomic E-state index is 2.49. The molecule has 0 spiro atoms. The van der Waals surface area contributed by atoms with Crippen molar-refractivity contribution in [2.45, 2.75) is 0 Å². The fourth-order valence-corrected chi connectivity index (χ4v) is 9.27. The highest BCUT2D eigenvalue weighted by molar-refractivity contribution is 6.17. The van der Waals surface area contributed by atoms with E-state index < -0.39 is 0 Å². The Labute approximate surface area is 362 Å². The second-order valence-electron chi connectivity index (χ2n) is 15.6. The van der Waals surface area contributed by atoms with Crippen LogP contribution in [-0.4, -0.2) is 4.57 Å². The summed E-state index contributed by atoms with van der Waals surface area (Å²) in [5.74, 6) is 0. The number of hydrogen-bond donors (Lipinski definition) is 0. The summed E-state index contributed by atoms with van der Waals surface area (Å²) in [6, 6.07) is 92.1. The molecule has 1 heterocycles. The zero-order valence-electron chi connectivity index (χ0n) is 34.1. The first-order valence-electron chi connectivity index (χ1n) is 21.3. The van der Waals surface area contributed by atoms with E-state index in [0.29, 0.717) is 0 Å². The number of rotatable bonds is 9. The van der Waals surface area contributed by atoms with Crippen molar-refractivity contribution in [3.05, 3.63) is 255 Å². The lowest BCUT2D eigenvalue weighted by atomic mass is 9.92. The van der Waals surface area contributed by atoms with Crippen LogP contribution < -0.4 is 4.90 Å². The van der Waals surface area contributed by atoms with Crippen molar-refractivity contribution in [2.24, 2.45) is 0 Å². The molecule has 0 amide bonds. The molecule has 0 bridgehead atoms. The molecule has 0 fully saturated rings. The predicted octanol–water partition coefficient (Wildman–Crippen LogP) is 16.6. The number of anilines is 3. The third-order valence-corrected chi connectivity index (χ3v) is 12.0. The van der Waals surface area contributed by atoms with Crippen LogP contribution in [0.5, 0.6) is 0 Å². The van der Waals surface area contributed by atoms with E-state index in [1.54, 1.807) is 0 Å². The number of hydrogen-bond acceptors (Lipinski definition) is 1. The van der Waals surface area contributed by atoms with Crippen LogP contribution in [-0.2, 0) is 0 Å². The number of benzene rings is 10. The molecule has 0 atom stereocenters. The first kappa shape index (κ1) is 36.8. The van der Waals surface area contributed by atoms with E-state index in [1.807, 2.05) is 0 Å². The lowest BCUT2D eigenvalue weighted by Gasteiger charge is -2.30. The van der Waals surface area contributed by atoms with Crippen molar-refractivity contribution in [1.82, 2.24) is 4.57 Å². The van der Waals surface area contributed by atoms with Gasteiger partial charge < -0.3 is 9.47 Å². The molecule has 11 aromatic rings. The van der Waals surface area contributed by atoms with E-state index in [1.165, 1.54) is 55.3 Å². The quantitative estimate of drug-likeness (QED) is 0.141. The summed E-state index contributed by atoms with van der Waals surface area (Å²) < 4.78 is 2.48. The van der Waals surface area contributed by atoms with E-state index in [9.17, 15) is 0 Å². The Kier molecular flexibility index (Phi) is 9.57. The first-order valence-corrected chi connectivity index (χ1v) is 21.3. The van der Waals surface area contributed by atoms with Gasteiger partial charge in [-0.2, -0.15) is 0 Å². The average Bonchev–Trinajstić information content (AvgIpc) is 3.70. The van der Waals surface area contributed by atoms with Crippen LogP contribution in [0.25, 0.3) is 83.1 Å². The molecule has 0 saturated heterocycles. The van der Waals surface area contributed by atoms with E-state index >= 15 is 0 Å². The van der Waals surface area contributed by atoms with Gasteiger partial charge in [-0.3, -0.25) is 0 Å². The highest BCUT2D eigenvalue weighted by Gasteiger charge is 2.25. The lowest BCUT2D eigenvalue weighted by Crippen LogP contribution is -2.12. The largest absolute Gasteiger partial charge is 0.309 e. The van der Waals surface area contributed by atoms with Crippen LogP contribution in [0, 0.1) is 0 Å². The Morgan fingerprint density at radius 1 is 0.290 bits per heavy atom. The van der Waals surface area contributed by atoms with Gasteiger partial charge in [0.15, 0.2) is 0 Å².